The molecule has 1 aliphatic rings. The Hall–Kier alpha value is -3.41. The Morgan fingerprint density at radius 1 is 1.03 bits per heavy atom. The predicted molar refractivity (Wildman–Crippen MR) is 126 cm³/mol. The summed E-state index contributed by atoms with van der Waals surface area (Å²) in [5.74, 6) is 2.05. The van der Waals surface area contributed by atoms with E-state index in [1.165, 1.54) is 11.1 Å². The molecule has 1 N–H and O–H groups in total. The molecule has 6 nitrogen and oxygen atoms in total. The van der Waals surface area contributed by atoms with E-state index >= 15 is 0 Å². The van der Waals surface area contributed by atoms with Gasteiger partial charge in [0, 0.05) is 31.4 Å². The monoisotopic (exact) mass is 430 g/mol. The largest absolute Gasteiger partial charge is 0.436 e. The van der Waals surface area contributed by atoms with Gasteiger partial charge in [0.2, 0.25) is 5.91 Å². The lowest BCUT2D eigenvalue weighted by Gasteiger charge is -2.33. The van der Waals surface area contributed by atoms with Crippen LogP contribution in [0.1, 0.15) is 42.5 Å². The van der Waals surface area contributed by atoms with E-state index in [2.05, 4.69) is 52.2 Å². The molecule has 0 spiro atoms. The number of para-hydroxylation sites is 1. The molecule has 1 saturated heterocycles. The smallest absolute Gasteiger partial charge is 0.263 e. The zero-order valence-corrected chi connectivity index (χ0v) is 18.9. The molecule has 1 aromatic heterocycles. The highest BCUT2D eigenvalue weighted by atomic mass is 16.5. The van der Waals surface area contributed by atoms with Crippen molar-refractivity contribution in [2.24, 2.45) is 5.92 Å². The van der Waals surface area contributed by atoms with Crippen LogP contribution in [0.4, 0.5) is 5.82 Å². The second-order valence-electron chi connectivity index (χ2n) is 8.44. The fourth-order valence-electron chi connectivity index (χ4n) is 4.01. The van der Waals surface area contributed by atoms with E-state index in [-0.39, 0.29) is 17.9 Å². The molecule has 0 unspecified atom stereocenters. The number of hydrogen-bond acceptors (Lipinski definition) is 5. The normalized spacial score (nSPS) is 15.3. The van der Waals surface area contributed by atoms with E-state index in [1.54, 1.807) is 12.4 Å². The maximum absolute atomic E-state index is 12.9. The summed E-state index contributed by atoms with van der Waals surface area (Å²) in [6.07, 6.45) is 4.85. The summed E-state index contributed by atoms with van der Waals surface area (Å²) in [5.41, 5.74) is 3.65. The fourth-order valence-corrected chi connectivity index (χ4v) is 4.01. The van der Waals surface area contributed by atoms with Gasteiger partial charge in [-0.3, -0.25) is 4.79 Å². The van der Waals surface area contributed by atoms with Crippen LogP contribution in [0, 0.1) is 19.8 Å². The van der Waals surface area contributed by atoms with Crippen molar-refractivity contribution in [3.63, 3.8) is 0 Å². The quantitative estimate of drug-likeness (QED) is 0.597. The topological polar surface area (TPSA) is 67.4 Å². The van der Waals surface area contributed by atoms with Gasteiger partial charge in [-0.25, -0.2) is 9.97 Å². The first-order chi connectivity index (χ1) is 15.5. The van der Waals surface area contributed by atoms with Crippen molar-refractivity contribution in [1.82, 2.24) is 15.3 Å². The molecular weight excluding hydrogens is 400 g/mol. The van der Waals surface area contributed by atoms with Gasteiger partial charge in [-0.2, -0.15) is 0 Å². The molecule has 166 valence electrons. The average molecular weight is 431 g/mol. The lowest BCUT2D eigenvalue weighted by Crippen LogP contribution is -2.41. The Morgan fingerprint density at radius 3 is 2.47 bits per heavy atom. The maximum atomic E-state index is 12.9. The van der Waals surface area contributed by atoms with E-state index in [1.807, 2.05) is 37.3 Å². The molecular formula is C26H30N4O2. The summed E-state index contributed by atoms with van der Waals surface area (Å²) in [7, 11) is 0. The summed E-state index contributed by atoms with van der Waals surface area (Å²) in [6, 6.07) is 15.9. The molecule has 1 amide bonds. The van der Waals surface area contributed by atoms with Gasteiger partial charge in [0.25, 0.3) is 5.88 Å². The molecule has 3 aromatic rings. The van der Waals surface area contributed by atoms with Crippen LogP contribution in [0.5, 0.6) is 11.6 Å². The SMILES string of the molecule is Cc1ccc([C@@H](C)NC(=O)C2CCN(c3nccnc3Oc3ccccc3)CC2)cc1C. The Kier molecular flexibility index (Phi) is 6.69. The number of carbonyl (C=O) groups excluding carboxylic acids is 1. The second kappa shape index (κ2) is 9.81. The molecule has 32 heavy (non-hydrogen) atoms. The number of carbonyl (C=O) groups is 1. The average Bonchev–Trinajstić information content (AvgIpc) is 2.82. The molecule has 2 heterocycles. The molecule has 6 heteroatoms. The van der Waals surface area contributed by atoms with Crippen LogP contribution in [0.2, 0.25) is 0 Å². The van der Waals surface area contributed by atoms with Gasteiger partial charge in [0.15, 0.2) is 5.82 Å². The first-order valence-corrected chi connectivity index (χ1v) is 11.2. The van der Waals surface area contributed by atoms with Crippen molar-refractivity contribution in [1.29, 1.82) is 0 Å². The summed E-state index contributed by atoms with van der Waals surface area (Å²) < 4.78 is 5.96. The minimum absolute atomic E-state index is 0.00425. The van der Waals surface area contributed by atoms with Crippen molar-refractivity contribution in [3.05, 3.63) is 77.6 Å². The van der Waals surface area contributed by atoms with E-state index in [0.717, 1.165) is 43.1 Å². The minimum atomic E-state index is -0.00862. The van der Waals surface area contributed by atoms with E-state index in [9.17, 15) is 4.79 Å². The molecule has 1 atom stereocenters. The van der Waals surface area contributed by atoms with Crippen molar-refractivity contribution in [3.8, 4) is 11.6 Å². The highest BCUT2D eigenvalue weighted by Gasteiger charge is 2.28. The van der Waals surface area contributed by atoms with Gasteiger partial charge in [0.1, 0.15) is 5.75 Å². The van der Waals surface area contributed by atoms with Crippen molar-refractivity contribution >= 4 is 11.7 Å². The number of piperidine rings is 1. The molecule has 0 radical (unpaired) electrons. The Morgan fingerprint density at radius 2 is 1.75 bits per heavy atom. The first kappa shape index (κ1) is 21.8. The molecule has 0 saturated carbocycles. The van der Waals surface area contributed by atoms with Crippen LogP contribution < -0.4 is 15.0 Å². The zero-order valence-electron chi connectivity index (χ0n) is 18.9. The summed E-state index contributed by atoms with van der Waals surface area (Å²) in [5, 5.41) is 3.20. The van der Waals surface area contributed by atoms with Gasteiger partial charge < -0.3 is 15.0 Å². The molecule has 1 aliphatic heterocycles. The number of aromatic nitrogens is 2. The molecule has 0 bridgehead atoms. The van der Waals surface area contributed by atoms with Crippen LogP contribution in [0.15, 0.2) is 60.9 Å². The molecule has 1 fully saturated rings. The Labute approximate surface area is 189 Å². The van der Waals surface area contributed by atoms with Gasteiger partial charge >= 0.3 is 0 Å². The van der Waals surface area contributed by atoms with Crippen LogP contribution in [0.3, 0.4) is 0 Å². The molecule has 4 rings (SSSR count). The number of benzene rings is 2. The standard InChI is InChI=1S/C26H30N4O2/c1-18-9-10-22(17-19(18)2)20(3)29-25(31)21-11-15-30(16-12-21)24-26(28-14-13-27-24)32-23-7-5-4-6-8-23/h4-10,13-14,17,20-21H,11-12,15-16H2,1-3H3,(H,29,31)/t20-/m1/s1. The number of rotatable bonds is 6. The van der Waals surface area contributed by atoms with E-state index < -0.39 is 0 Å². The fraction of sp³-hybridized carbons (Fsp3) is 0.346. The van der Waals surface area contributed by atoms with Crippen molar-refractivity contribution < 1.29 is 9.53 Å². The number of ether oxygens (including phenoxy) is 1. The number of anilines is 1. The first-order valence-electron chi connectivity index (χ1n) is 11.2. The van der Waals surface area contributed by atoms with Crippen LogP contribution >= 0.6 is 0 Å². The molecule has 2 aromatic carbocycles. The Bertz CT molecular complexity index is 1060. The molecule has 0 aliphatic carbocycles. The number of aryl methyl sites for hydroxylation is 2. The summed E-state index contributed by atoms with van der Waals surface area (Å²) >= 11 is 0. The number of nitrogens with zero attached hydrogens (tertiary/aromatic N) is 3. The Balaban J connectivity index is 1.36. The van der Waals surface area contributed by atoms with Gasteiger partial charge in [-0.1, -0.05) is 36.4 Å². The van der Waals surface area contributed by atoms with Crippen LogP contribution in [0.25, 0.3) is 0 Å². The zero-order chi connectivity index (χ0) is 22.5. The number of hydrogen-bond donors (Lipinski definition) is 1. The van der Waals surface area contributed by atoms with E-state index in [0.29, 0.717) is 5.88 Å². The third-order valence-corrected chi connectivity index (χ3v) is 6.16. The number of nitrogens with one attached hydrogen (secondary N) is 1. The lowest BCUT2D eigenvalue weighted by atomic mass is 9.95. The van der Waals surface area contributed by atoms with Crippen LogP contribution in [-0.4, -0.2) is 29.0 Å². The maximum Gasteiger partial charge on any atom is 0.263 e. The highest BCUT2D eigenvalue weighted by Crippen LogP contribution is 2.31. The summed E-state index contributed by atoms with van der Waals surface area (Å²) in [4.78, 5) is 24.0. The van der Waals surface area contributed by atoms with Gasteiger partial charge in [-0.15, -0.1) is 0 Å². The van der Waals surface area contributed by atoms with Crippen LogP contribution in [-0.2, 0) is 4.79 Å². The predicted octanol–water partition coefficient (Wildman–Crippen LogP) is 4.98. The third-order valence-electron chi connectivity index (χ3n) is 6.16. The number of amides is 1. The van der Waals surface area contributed by atoms with Gasteiger partial charge in [-0.05, 0) is 62.4 Å². The third kappa shape index (κ3) is 5.07. The van der Waals surface area contributed by atoms with E-state index in [4.69, 9.17) is 4.74 Å². The summed E-state index contributed by atoms with van der Waals surface area (Å²) in [6.45, 7) is 7.72. The highest BCUT2D eigenvalue weighted by molar-refractivity contribution is 5.79. The minimum Gasteiger partial charge on any atom is -0.436 e. The second-order valence-corrected chi connectivity index (χ2v) is 8.44. The van der Waals surface area contributed by atoms with Crippen molar-refractivity contribution in [2.45, 2.75) is 39.7 Å². The van der Waals surface area contributed by atoms with Crippen molar-refractivity contribution in [2.75, 3.05) is 18.0 Å². The van der Waals surface area contributed by atoms with Gasteiger partial charge in [0.05, 0.1) is 6.04 Å². The lowest BCUT2D eigenvalue weighted by molar-refractivity contribution is -0.126.